The molecule has 3 aromatic rings. The molecule has 0 fully saturated rings. The number of nitrogens with zero attached hydrogens (tertiary/aromatic N) is 2. The van der Waals surface area contributed by atoms with Gasteiger partial charge in [-0.2, -0.15) is 0 Å². The molecule has 11 heteroatoms. The van der Waals surface area contributed by atoms with Crippen LogP contribution < -0.4 is 14.4 Å². The van der Waals surface area contributed by atoms with E-state index in [1.807, 2.05) is 6.92 Å². The van der Waals surface area contributed by atoms with Crippen molar-refractivity contribution in [2.75, 3.05) is 24.5 Å². The highest BCUT2D eigenvalue weighted by atomic mass is 35.5. The Kier molecular flexibility index (Phi) is 10.6. The molecule has 0 spiro atoms. The first kappa shape index (κ1) is 30.3. The Morgan fingerprint density at radius 2 is 1.69 bits per heavy atom. The van der Waals surface area contributed by atoms with Gasteiger partial charge in [0.2, 0.25) is 11.8 Å². The lowest BCUT2D eigenvalue weighted by molar-refractivity contribution is -0.139. The number of carbonyl (C=O) groups is 2. The summed E-state index contributed by atoms with van der Waals surface area (Å²) in [6.45, 7) is 3.39. The van der Waals surface area contributed by atoms with E-state index in [1.165, 1.54) is 36.3 Å². The molecule has 1 atom stereocenters. The summed E-state index contributed by atoms with van der Waals surface area (Å²) in [5.41, 5.74) is 0.752. The Labute approximate surface area is 239 Å². The average Bonchev–Trinajstić information content (AvgIpc) is 2.95. The number of anilines is 1. The number of ether oxygens (including phenoxy) is 1. The summed E-state index contributed by atoms with van der Waals surface area (Å²) in [4.78, 5) is 28.2. The maximum Gasteiger partial charge on any atom is 0.264 e. The van der Waals surface area contributed by atoms with E-state index in [9.17, 15) is 18.0 Å². The predicted molar refractivity (Wildman–Crippen MR) is 154 cm³/mol. The molecule has 3 rings (SSSR count). The average molecular weight is 593 g/mol. The monoisotopic (exact) mass is 591 g/mol. The third-order valence-corrected chi connectivity index (χ3v) is 8.60. The van der Waals surface area contributed by atoms with Crippen LogP contribution in [0, 0.1) is 0 Å². The number of hydrogen-bond donors (Lipinski definition) is 1. The van der Waals surface area contributed by atoms with Crippen LogP contribution in [0.5, 0.6) is 5.75 Å². The third kappa shape index (κ3) is 7.44. The Bertz CT molecular complexity index is 1400. The van der Waals surface area contributed by atoms with Crippen LogP contribution in [0.4, 0.5) is 5.69 Å². The van der Waals surface area contributed by atoms with Gasteiger partial charge in [0.15, 0.2) is 0 Å². The second kappa shape index (κ2) is 13.7. The molecule has 0 saturated heterocycles. The molecule has 8 nitrogen and oxygen atoms in total. The Morgan fingerprint density at radius 1 is 1.00 bits per heavy atom. The van der Waals surface area contributed by atoms with E-state index in [-0.39, 0.29) is 33.1 Å². The van der Waals surface area contributed by atoms with Crippen molar-refractivity contribution in [1.29, 1.82) is 0 Å². The number of methoxy groups -OCH3 is 1. The summed E-state index contributed by atoms with van der Waals surface area (Å²) in [5, 5.41) is 2.93. The van der Waals surface area contributed by atoms with Gasteiger partial charge < -0.3 is 15.0 Å². The second-order valence-corrected chi connectivity index (χ2v) is 11.4. The largest absolute Gasteiger partial charge is 0.497 e. The summed E-state index contributed by atoms with van der Waals surface area (Å²) < 4.78 is 33.8. The molecule has 0 aliphatic heterocycles. The highest BCUT2D eigenvalue weighted by Gasteiger charge is 2.33. The van der Waals surface area contributed by atoms with Crippen LogP contribution in [-0.2, 0) is 26.2 Å². The van der Waals surface area contributed by atoms with Gasteiger partial charge in [0.1, 0.15) is 18.3 Å². The maximum absolute atomic E-state index is 13.9. The van der Waals surface area contributed by atoms with E-state index in [1.54, 1.807) is 55.5 Å². The van der Waals surface area contributed by atoms with Crippen LogP contribution in [0.25, 0.3) is 0 Å². The van der Waals surface area contributed by atoms with E-state index in [2.05, 4.69) is 5.32 Å². The molecular formula is C28H31Cl2N3O5S. The Hall–Kier alpha value is -3.27. The number of nitrogens with one attached hydrogen (secondary N) is 1. The van der Waals surface area contributed by atoms with Crippen molar-refractivity contribution in [3.8, 4) is 5.75 Å². The zero-order chi connectivity index (χ0) is 28.6. The number of halogens is 2. The number of sulfonamides is 1. The topological polar surface area (TPSA) is 96.0 Å². The predicted octanol–water partition coefficient (Wildman–Crippen LogP) is 5.14. The van der Waals surface area contributed by atoms with Gasteiger partial charge in [-0.3, -0.25) is 13.9 Å². The van der Waals surface area contributed by atoms with E-state index < -0.39 is 28.5 Å². The van der Waals surface area contributed by atoms with Gasteiger partial charge in [-0.05, 0) is 55.3 Å². The summed E-state index contributed by atoms with van der Waals surface area (Å²) in [5.74, 6) is -0.374. The zero-order valence-electron chi connectivity index (χ0n) is 21.9. The van der Waals surface area contributed by atoms with Crippen LogP contribution in [0.15, 0.2) is 77.7 Å². The first-order valence-electron chi connectivity index (χ1n) is 12.3. The van der Waals surface area contributed by atoms with Gasteiger partial charge in [0.05, 0.1) is 27.7 Å². The standard InChI is InChI=1S/C28H31Cl2N3O5S/c1-4-16-31-28(35)20(2)32(18-21-10-8-11-22(17-21)38-3)26(34)19-33(25-15-9-14-24(29)27(25)30)39(36,37)23-12-6-5-7-13-23/h5-15,17,20H,4,16,18-19H2,1-3H3,(H,31,35)/t20-/m1/s1. The zero-order valence-corrected chi connectivity index (χ0v) is 24.3. The first-order valence-corrected chi connectivity index (χ1v) is 14.5. The van der Waals surface area contributed by atoms with Gasteiger partial charge >= 0.3 is 0 Å². The molecule has 0 aliphatic rings. The molecule has 0 radical (unpaired) electrons. The summed E-state index contributed by atoms with van der Waals surface area (Å²) >= 11 is 12.7. The van der Waals surface area contributed by atoms with Crippen LogP contribution in [0.2, 0.25) is 10.0 Å². The van der Waals surface area contributed by atoms with Gasteiger partial charge in [-0.15, -0.1) is 0 Å². The van der Waals surface area contributed by atoms with Gasteiger partial charge in [0, 0.05) is 13.1 Å². The normalized spacial score (nSPS) is 11.9. The molecule has 0 bridgehead atoms. The van der Waals surface area contributed by atoms with Gasteiger partial charge in [-0.25, -0.2) is 8.42 Å². The van der Waals surface area contributed by atoms with E-state index in [4.69, 9.17) is 27.9 Å². The lowest BCUT2D eigenvalue weighted by Crippen LogP contribution is -2.51. The molecule has 0 heterocycles. The highest BCUT2D eigenvalue weighted by Crippen LogP contribution is 2.35. The lowest BCUT2D eigenvalue weighted by atomic mass is 10.1. The number of carbonyl (C=O) groups excluding carboxylic acids is 2. The molecule has 208 valence electrons. The molecule has 0 saturated carbocycles. The van der Waals surface area contributed by atoms with Gasteiger partial charge in [0.25, 0.3) is 10.0 Å². The van der Waals surface area contributed by atoms with Crippen molar-refractivity contribution in [2.24, 2.45) is 0 Å². The van der Waals surface area contributed by atoms with Gasteiger partial charge in [-0.1, -0.05) is 66.5 Å². The highest BCUT2D eigenvalue weighted by molar-refractivity contribution is 7.92. The first-order chi connectivity index (χ1) is 18.6. The minimum Gasteiger partial charge on any atom is -0.497 e. The summed E-state index contributed by atoms with van der Waals surface area (Å²) in [7, 11) is -2.71. The molecule has 2 amide bonds. The van der Waals surface area contributed by atoms with Crippen molar-refractivity contribution in [1.82, 2.24) is 10.2 Å². The molecular weight excluding hydrogens is 561 g/mol. The quantitative estimate of drug-likeness (QED) is 0.314. The molecule has 39 heavy (non-hydrogen) atoms. The fourth-order valence-electron chi connectivity index (χ4n) is 3.86. The molecule has 0 unspecified atom stereocenters. The minimum absolute atomic E-state index is 0.0143. The maximum atomic E-state index is 13.9. The van der Waals surface area contributed by atoms with Crippen LogP contribution in [0.1, 0.15) is 25.8 Å². The van der Waals surface area contributed by atoms with Crippen LogP contribution in [0.3, 0.4) is 0 Å². The number of benzene rings is 3. The Morgan fingerprint density at radius 3 is 2.36 bits per heavy atom. The van der Waals surface area contributed by atoms with Crippen molar-refractivity contribution in [2.45, 2.75) is 37.8 Å². The second-order valence-electron chi connectivity index (χ2n) is 8.74. The molecule has 0 aliphatic carbocycles. The summed E-state index contributed by atoms with van der Waals surface area (Å²) in [6.07, 6.45) is 0.721. The number of rotatable bonds is 12. The number of amides is 2. The van der Waals surface area contributed by atoms with Crippen LogP contribution >= 0.6 is 23.2 Å². The smallest absolute Gasteiger partial charge is 0.264 e. The lowest BCUT2D eigenvalue weighted by Gasteiger charge is -2.32. The van der Waals surface area contributed by atoms with Crippen molar-refractivity contribution in [3.05, 3.63) is 88.4 Å². The van der Waals surface area contributed by atoms with E-state index >= 15 is 0 Å². The summed E-state index contributed by atoms with van der Waals surface area (Å²) in [6, 6.07) is 18.5. The van der Waals surface area contributed by atoms with Crippen molar-refractivity contribution < 1.29 is 22.7 Å². The van der Waals surface area contributed by atoms with Crippen molar-refractivity contribution >= 4 is 50.7 Å². The minimum atomic E-state index is -4.24. The number of hydrogen-bond acceptors (Lipinski definition) is 5. The fraction of sp³-hybridized carbons (Fsp3) is 0.286. The third-order valence-electron chi connectivity index (χ3n) is 6.01. The van der Waals surface area contributed by atoms with E-state index in [0.29, 0.717) is 17.9 Å². The van der Waals surface area contributed by atoms with Crippen LogP contribution in [-0.4, -0.2) is 51.4 Å². The Balaban J connectivity index is 2.06. The molecule has 0 aromatic heterocycles. The van der Waals surface area contributed by atoms with E-state index in [0.717, 1.165) is 10.7 Å². The fourth-order valence-corrected chi connectivity index (χ4v) is 5.76. The SMILES string of the molecule is CCCNC(=O)[C@@H](C)N(Cc1cccc(OC)c1)C(=O)CN(c1cccc(Cl)c1Cl)S(=O)(=O)c1ccccc1. The molecule has 1 N–H and O–H groups in total. The molecule has 3 aromatic carbocycles. The van der Waals surface area contributed by atoms with Crippen molar-refractivity contribution in [3.63, 3.8) is 0 Å².